The van der Waals surface area contributed by atoms with Crippen molar-refractivity contribution >= 4 is 5.78 Å². The number of carbonyl (C=O) groups is 1. The largest absolute Gasteiger partial charge is 0.497 e. The lowest BCUT2D eigenvalue weighted by molar-refractivity contribution is -0.124. The fraction of sp³-hybridized carbons (Fsp3) is 0.500. The van der Waals surface area contributed by atoms with Crippen molar-refractivity contribution < 1.29 is 14.3 Å². The van der Waals surface area contributed by atoms with Gasteiger partial charge in [0.25, 0.3) is 0 Å². The van der Waals surface area contributed by atoms with E-state index in [4.69, 9.17) is 9.47 Å². The van der Waals surface area contributed by atoms with Crippen LogP contribution in [-0.2, 0) is 9.53 Å². The summed E-state index contributed by atoms with van der Waals surface area (Å²) in [5, 5.41) is 0. The van der Waals surface area contributed by atoms with Crippen molar-refractivity contribution in [3.05, 3.63) is 29.8 Å². The monoisotopic (exact) mass is 249 g/mol. The Balaban J connectivity index is 2.20. The van der Waals surface area contributed by atoms with Crippen LogP contribution in [0.3, 0.4) is 0 Å². The molecule has 1 aromatic rings. The number of hydrogen-bond donors (Lipinski definition) is 0. The van der Waals surface area contributed by atoms with Crippen LogP contribution in [0.15, 0.2) is 24.3 Å². The first-order valence-corrected chi connectivity index (χ1v) is 6.18. The van der Waals surface area contributed by atoms with E-state index in [0.29, 0.717) is 13.2 Å². The number of carbonyl (C=O) groups excluding carboxylic acids is 1. The van der Waals surface area contributed by atoms with E-state index in [-0.39, 0.29) is 11.8 Å². The van der Waals surface area contributed by atoms with E-state index in [1.807, 2.05) is 24.3 Å². The lowest BCUT2D eigenvalue weighted by Gasteiger charge is -2.33. The molecule has 98 valence electrons. The van der Waals surface area contributed by atoms with Gasteiger partial charge in [-0.25, -0.2) is 0 Å². The third-order valence-corrected chi connectivity index (χ3v) is 3.23. The fourth-order valence-electron chi connectivity index (χ4n) is 2.32. The van der Waals surface area contributed by atoms with Crippen LogP contribution in [0.2, 0.25) is 0 Å². The second kappa shape index (κ2) is 5.98. The molecule has 18 heavy (non-hydrogen) atoms. The van der Waals surface area contributed by atoms with E-state index in [0.717, 1.165) is 24.4 Å². The van der Waals surface area contributed by atoms with Gasteiger partial charge in [0.1, 0.15) is 5.75 Å². The van der Waals surface area contributed by atoms with Crippen LogP contribution in [0.25, 0.3) is 0 Å². The molecule has 0 aliphatic carbocycles. The molecular weight excluding hydrogens is 230 g/mol. The molecule has 0 radical (unpaired) electrons. The van der Waals surface area contributed by atoms with Crippen molar-refractivity contribution in [2.24, 2.45) is 0 Å². The van der Waals surface area contributed by atoms with Crippen LogP contribution >= 0.6 is 0 Å². The van der Waals surface area contributed by atoms with Crippen molar-refractivity contribution in [1.29, 1.82) is 0 Å². The van der Waals surface area contributed by atoms with Gasteiger partial charge >= 0.3 is 0 Å². The number of nitrogens with zero attached hydrogens (tertiary/aromatic N) is 1. The second-order valence-corrected chi connectivity index (χ2v) is 4.43. The first-order chi connectivity index (χ1) is 8.72. The van der Waals surface area contributed by atoms with Crippen molar-refractivity contribution in [2.75, 3.05) is 33.4 Å². The van der Waals surface area contributed by atoms with Gasteiger partial charge in [-0.15, -0.1) is 0 Å². The van der Waals surface area contributed by atoms with Gasteiger partial charge in [0.2, 0.25) is 0 Å². The van der Waals surface area contributed by atoms with Crippen molar-refractivity contribution in [3.63, 3.8) is 0 Å². The summed E-state index contributed by atoms with van der Waals surface area (Å²) in [6.45, 7) is 4.64. The summed E-state index contributed by atoms with van der Waals surface area (Å²) in [6, 6.07) is 7.54. The zero-order valence-electron chi connectivity index (χ0n) is 10.9. The Morgan fingerprint density at radius 2 is 1.89 bits per heavy atom. The Bertz CT molecular complexity index is 396. The van der Waals surface area contributed by atoms with Gasteiger partial charge in [0.15, 0.2) is 5.78 Å². The maximum absolute atomic E-state index is 11.9. The Kier molecular flexibility index (Phi) is 4.33. The zero-order chi connectivity index (χ0) is 13.0. The lowest BCUT2D eigenvalue weighted by Crippen LogP contribution is -2.41. The van der Waals surface area contributed by atoms with Crippen molar-refractivity contribution in [2.45, 2.75) is 13.0 Å². The number of methoxy groups -OCH3 is 1. The summed E-state index contributed by atoms with van der Waals surface area (Å²) in [5.74, 6) is 0.977. The minimum atomic E-state index is -0.167. The molecule has 0 N–H and O–H groups in total. The summed E-state index contributed by atoms with van der Waals surface area (Å²) in [6.07, 6.45) is 0. The lowest BCUT2D eigenvalue weighted by atomic mass is 10.0. The summed E-state index contributed by atoms with van der Waals surface area (Å²) in [7, 11) is 1.64. The molecule has 1 atom stereocenters. The molecule has 1 saturated heterocycles. The number of Topliss-reactive ketones (excluding diaryl/α,β-unsaturated/α-hetero) is 1. The number of ether oxygens (including phenoxy) is 2. The fourth-order valence-corrected chi connectivity index (χ4v) is 2.32. The van der Waals surface area contributed by atoms with Gasteiger partial charge in [0.05, 0.1) is 26.4 Å². The van der Waals surface area contributed by atoms with Crippen LogP contribution in [0.4, 0.5) is 0 Å². The number of ketones is 1. The Morgan fingerprint density at radius 3 is 2.39 bits per heavy atom. The molecule has 1 heterocycles. The van der Waals surface area contributed by atoms with Crippen molar-refractivity contribution in [3.8, 4) is 5.75 Å². The average Bonchev–Trinajstić information content (AvgIpc) is 2.40. The standard InChI is InChI=1S/C14H19NO3/c1-11(16)14(15-7-9-18-10-8-15)12-3-5-13(17-2)6-4-12/h3-6,14H,7-10H2,1-2H3. The van der Waals surface area contributed by atoms with Crippen molar-refractivity contribution in [1.82, 2.24) is 4.90 Å². The highest BCUT2D eigenvalue weighted by Gasteiger charge is 2.26. The number of benzene rings is 1. The second-order valence-electron chi connectivity index (χ2n) is 4.43. The van der Waals surface area contributed by atoms with Crippen LogP contribution < -0.4 is 4.74 Å². The molecule has 0 bridgehead atoms. The Hall–Kier alpha value is -1.39. The first kappa shape index (κ1) is 13.1. The molecule has 0 aromatic heterocycles. The van der Waals surface area contributed by atoms with Gasteiger partial charge in [-0.3, -0.25) is 9.69 Å². The van der Waals surface area contributed by atoms with Gasteiger partial charge in [-0.2, -0.15) is 0 Å². The minimum absolute atomic E-state index is 0.167. The number of morpholine rings is 1. The average molecular weight is 249 g/mol. The highest BCUT2D eigenvalue weighted by Crippen LogP contribution is 2.24. The van der Waals surface area contributed by atoms with E-state index < -0.39 is 0 Å². The third kappa shape index (κ3) is 2.89. The first-order valence-electron chi connectivity index (χ1n) is 6.18. The third-order valence-electron chi connectivity index (χ3n) is 3.23. The van der Waals surface area contributed by atoms with Crippen LogP contribution in [0, 0.1) is 0 Å². The highest BCUT2D eigenvalue weighted by atomic mass is 16.5. The molecule has 0 saturated carbocycles. The predicted octanol–water partition coefficient (Wildman–Crippen LogP) is 1.66. The van der Waals surface area contributed by atoms with Gasteiger partial charge in [-0.1, -0.05) is 12.1 Å². The molecule has 1 unspecified atom stereocenters. The molecule has 4 heteroatoms. The van der Waals surface area contributed by atoms with Gasteiger partial charge in [-0.05, 0) is 24.6 Å². The summed E-state index contributed by atoms with van der Waals surface area (Å²) < 4.78 is 10.5. The Labute approximate surface area is 107 Å². The minimum Gasteiger partial charge on any atom is -0.497 e. The summed E-state index contributed by atoms with van der Waals surface area (Å²) in [4.78, 5) is 14.1. The molecule has 4 nitrogen and oxygen atoms in total. The molecule has 0 spiro atoms. The maximum Gasteiger partial charge on any atom is 0.151 e. The van der Waals surface area contributed by atoms with E-state index >= 15 is 0 Å². The molecule has 2 rings (SSSR count). The maximum atomic E-state index is 11.9. The topological polar surface area (TPSA) is 38.8 Å². The van der Waals surface area contributed by atoms with Crippen LogP contribution in [0.1, 0.15) is 18.5 Å². The zero-order valence-corrected chi connectivity index (χ0v) is 10.9. The predicted molar refractivity (Wildman–Crippen MR) is 68.8 cm³/mol. The van der Waals surface area contributed by atoms with E-state index in [2.05, 4.69) is 4.90 Å². The van der Waals surface area contributed by atoms with E-state index in [1.54, 1.807) is 14.0 Å². The molecule has 1 fully saturated rings. The molecular formula is C14H19NO3. The van der Waals surface area contributed by atoms with Gasteiger partial charge in [0, 0.05) is 13.1 Å². The molecule has 1 aliphatic rings. The Morgan fingerprint density at radius 1 is 1.28 bits per heavy atom. The summed E-state index contributed by atoms with van der Waals surface area (Å²) >= 11 is 0. The van der Waals surface area contributed by atoms with E-state index in [1.165, 1.54) is 0 Å². The SMILES string of the molecule is COc1ccc(C(C(C)=O)N2CCOCC2)cc1. The molecule has 0 amide bonds. The molecule has 1 aliphatic heterocycles. The smallest absolute Gasteiger partial charge is 0.151 e. The van der Waals surface area contributed by atoms with Gasteiger partial charge < -0.3 is 9.47 Å². The normalized spacial score (nSPS) is 18.3. The number of rotatable bonds is 4. The quantitative estimate of drug-likeness (QED) is 0.813. The highest BCUT2D eigenvalue weighted by molar-refractivity contribution is 5.83. The van der Waals surface area contributed by atoms with E-state index in [9.17, 15) is 4.79 Å². The van der Waals surface area contributed by atoms with Crippen LogP contribution in [-0.4, -0.2) is 44.1 Å². The summed E-state index contributed by atoms with van der Waals surface area (Å²) in [5.41, 5.74) is 1.02. The van der Waals surface area contributed by atoms with Crippen LogP contribution in [0.5, 0.6) is 5.75 Å². The molecule has 1 aromatic carbocycles. The number of hydrogen-bond acceptors (Lipinski definition) is 4.